The third-order valence-electron chi connectivity index (χ3n) is 8.14. The van der Waals surface area contributed by atoms with Gasteiger partial charge in [-0.15, -0.1) is 0 Å². The zero-order chi connectivity index (χ0) is 30.6. The lowest BCUT2D eigenvalue weighted by atomic mass is 9.89. The number of nitrogens with zero attached hydrogens (tertiary/aromatic N) is 3. The van der Waals surface area contributed by atoms with Crippen molar-refractivity contribution >= 4 is 28.7 Å². The van der Waals surface area contributed by atoms with Gasteiger partial charge in [0.15, 0.2) is 5.84 Å². The van der Waals surface area contributed by atoms with E-state index in [0.717, 1.165) is 39.2 Å². The van der Waals surface area contributed by atoms with Gasteiger partial charge in [-0.05, 0) is 57.3 Å². The minimum Gasteiger partial charge on any atom is -0.344 e. The molecule has 0 radical (unpaired) electrons. The van der Waals surface area contributed by atoms with Gasteiger partial charge in [0.1, 0.15) is 18.2 Å². The summed E-state index contributed by atoms with van der Waals surface area (Å²) in [5.41, 5.74) is 14.9. The summed E-state index contributed by atoms with van der Waals surface area (Å²) < 4.78 is 0. The number of aliphatic imine (C=N–C) groups is 3. The number of rotatable bonds is 7. The Labute approximate surface area is 263 Å². The van der Waals surface area contributed by atoms with Gasteiger partial charge in [0.05, 0.1) is 0 Å². The van der Waals surface area contributed by atoms with Crippen LogP contribution in [0.15, 0.2) is 161 Å². The second kappa shape index (κ2) is 12.5. The highest BCUT2D eigenvalue weighted by Crippen LogP contribution is 2.39. The summed E-state index contributed by atoms with van der Waals surface area (Å²) in [6.07, 6.45) is 1.10. The first-order valence-electron chi connectivity index (χ1n) is 15.2. The molecule has 1 heterocycles. The fourth-order valence-electron chi connectivity index (χ4n) is 5.84. The first-order valence-corrected chi connectivity index (χ1v) is 15.2. The Balaban J connectivity index is 1.28. The summed E-state index contributed by atoms with van der Waals surface area (Å²) >= 11 is 0. The lowest BCUT2D eigenvalue weighted by Crippen LogP contribution is -2.33. The Kier molecular flexibility index (Phi) is 7.83. The summed E-state index contributed by atoms with van der Waals surface area (Å²) in [7, 11) is 0. The summed E-state index contributed by atoms with van der Waals surface area (Å²) in [6.45, 7) is 1.88. The maximum atomic E-state index is 6.23. The third kappa shape index (κ3) is 5.81. The molecular formula is C40H33N5. The molecule has 3 N–H and O–H groups in total. The van der Waals surface area contributed by atoms with Gasteiger partial charge in [-0.1, -0.05) is 146 Å². The van der Waals surface area contributed by atoms with Gasteiger partial charge < -0.3 is 11.1 Å². The van der Waals surface area contributed by atoms with Crippen LogP contribution in [0.2, 0.25) is 0 Å². The maximum absolute atomic E-state index is 6.23. The Bertz CT molecular complexity index is 2030. The normalized spacial score (nSPS) is 15.4. The average molecular weight is 584 g/mol. The molecule has 0 aromatic heterocycles. The number of benzene rings is 6. The topological polar surface area (TPSA) is 75.1 Å². The zero-order valence-corrected chi connectivity index (χ0v) is 25.0. The second-order valence-electron chi connectivity index (χ2n) is 11.0. The van der Waals surface area contributed by atoms with Crippen LogP contribution in [0.4, 0.5) is 0 Å². The molecule has 5 heteroatoms. The van der Waals surface area contributed by atoms with Gasteiger partial charge in [0, 0.05) is 11.1 Å². The molecule has 1 aliphatic heterocycles. The minimum atomic E-state index is -0.362. The number of fused-ring (bicyclic) bond motifs is 1. The van der Waals surface area contributed by atoms with Gasteiger partial charge in [0.25, 0.3) is 0 Å². The molecule has 6 aromatic carbocycles. The highest BCUT2D eigenvalue weighted by molar-refractivity contribution is 6.13. The number of amidine groups is 2. The molecule has 45 heavy (non-hydrogen) atoms. The molecule has 0 bridgehead atoms. The van der Waals surface area contributed by atoms with Crippen LogP contribution in [0, 0.1) is 0 Å². The van der Waals surface area contributed by atoms with Crippen molar-refractivity contribution in [2.24, 2.45) is 20.7 Å². The second-order valence-corrected chi connectivity index (χ2v) is 11.0. The zero-order valence-electron chi connectivity index (χ0n) is 25.0. The SMILES string of the molecule is C/C=N\C(N)c1ccc(-c2ccc3ccccc3c2-c2ccc(C3N=C(c4ccccc4)N=C(c4ccccc4)N3)cc2)cc1. The van der Waals surface area contributed by atoms with Crippen molar-refractivity contribution in [3.8, 4) is 22.3 Å². The largest absolute Gasteiger partial charge is 0.344 e. The molecular weight excluding hydrogens is 550 g/mol. The van der Waals surface area contributed by atoms with E-state index in [-0.39, 0.29) is 12.3 Å². The van der Waals surface area contributed by atoms with E-state index in [1.807, 2.05) is 43.3 Å². The van der Waals surface area contributed by atoms with E-state index in [4.69, 9.17) is 15.7 Å². The predicted octanol–water partition coefficient (Wildman–Crippen LogP) is 8.72. The molecule has 5 nitrogen and oxygen atoms in total. The monoisotopic (exact) mass is 583 g/mol. The van der Waals surface area contributed by atoms with E-state index in [9.17, 15) is 0 Å². The Morgan fingerprint density at radius 2 is 1.31 bits per heavy atom. The van der Waals surface area contributed by atoms with Gasteiger partial charge in [-0.2, -0.15) is 0 Å². The number of nitrogens with one attached hydrogen (secondary N) is 1. The highest BCUT2D eigenvalue weighted by atomic mass is 15.2. The van der Waals surface area contributed by atoms with Crippen molar-refractivity contribution in [1.29, 1.82) is 0 Å². The quantitative estimate of drug-likeness (QED) is 0.184. The summed E-state index contributed by atoms with van der Waals surface area (Å²) in [5, 5.41) is 5.98. The molecule has 0 spiro atoms. The van der Waals surface area contributed by atoms with E-state index >= 15 is 0 Å². The Morgan fingerprint density at radius 1 is 0.667 bits per heavy atom. The van der Waals surface area contributed by atoms with Crippen molar-refractivity contribution in [1.82, 2.24) is 5.32 Å². The first-order chi connectivity index (χ1) is 22.2. The molecule has 0 saturated heterocycles. The molecule has 2 unspecified atom stereocenters. The fourth-order valence-corrected chi connectivity index (χ4v) is 5.84. The van der Waals surface area contributed by atoms with Crippen LogP contribution >= 0.6 is 0 Å². The lowest BCUT2D eigenvalue weighted by Gasteiger charge is -2.24. The standard InChI is InChI=1S/C40H33N5/c1-2-42-37(41)30-21-17-28(18-22-30)35-26-25-27-11-9-10-16-34(27)36(35)29-19-23-33(24-20-29)40-44-38(31-12-5-3-6-13-31)43-39(45-40)32-14-7-4-8-15-32/h2-26,37,40H,41H2,1H3,(H,43,44,45)/b42-2-. The van der Waals surface area contributed by atoms with Crippen LogP contribution < -0.4 is 11.1 Å². The van der Waals surface area contributed by atoms with Gasteiger partial charge in [0.2, 0.25) is 0 Å². The summed E-state index contributed by atoms with van der Waals surface area (Å²) in [4.78, 5) is 14.3. The molecule has 0 fully saturated rings. The van der Waals surface area contributed by atoms with Crippen LogP contribution in [-0.4, -0.2) is 17.9 Å². The molecule has 0 saturated carbocycles. The van der Waals surface area contributed by atoms with Crippen molar-refractivity contribution in [2.45, 2.75) is 19.3 Å². The Hall–Kier alpha value is -5.65. The van der Waals surface area contributed by atoms with Crippen LogP contribution in [0.3, 0.4) is 0 Å². The van der Waals surface area contributed by atoms with E-state index < -0.39 is 0 Å². The van der Waals surface area contributed by atoms with Gasteiger partial charge >= 0.3 is 0 Å². The number of nitrogens with two attached hydrogens (primary N) is 1. The van der Waals surface area contributed by atoms with Crippen LogP contribution in [0.5, 0.6) is 0 Å². The van der Waals surface area contributed by atoms with E-state index in [1.54, 1.807) is 6.21 Å². The molecule has 1 aliphatic rings. The van der Waals surface area contributed by atoms with Crippen molar-refractivity contribution in [3.63, 3.8) is 0 Å². The van der Waals surface area contributed by atoms with Crippen LogP contribution in [0.1, 0.15) is 41.5 Å². The van der Waals surface area contributed by atoms with Gasteiger partial charge in [-0.3, -0.25) is 4.99 Å². The fraction of sp³-hybridized carbons (Fsp3) is 0.0750. The summed E-state index contributed by atoms with van der Waals surface area (Å²) in [5.74, 6) is 1.52. The lowest BCUT2D eigenvalue weighted by molar-refractivity contribution is 0.674. The van der Waals surface area contributed by atoms with Crippen molar-refractivity contribution < 1.29 is 0 Å². The Morgan fingerprint density at radius 3 is 2.02 bits per heavy atom. The molecule has 218 valence electrons. The first kappa shape index (κ1) is 28.1. The van der Waals surface area contributed by atoms with Gasteiger partial charge in [-0.25, -0.2) is 9.98 Å². The predicted molar refractivity (Wildman–Crippen MR) is 188 cm³/mol. The van der Waals surface area contributed by atoms with Crippen LogP contribution in [0.25, 0.3) is 33.0 Å². The van der Waals surface area contributed by atoms with Crippen LogP contribution in [-0.2, 0) is 0 Å². The molecule has 2 atom stereocenters. The summed E-state index contributed by atoms with van der Waals surface area (Å²) in [6, 6.07) is 50.5. The molecule has 0 amide bonds. The van der Waals surface area contributed by atoms with Crippen molar-refractivity contribution in [2.75, 3.05) is 0 Å². The average Bonchev–Trinajstić information content (AvgIpc) is 3.12. The molecule has 6 aromatic rings. The highest BCUT2D eigenvalue weighted by Gasteiger charge is 2.21. The maximum Gasteiger partial charge on any atom is 0.159 e. The van der Waals surface area contributed by atoms with E-state index in [0.29, 0.717) is 5.84 Å². The van der Waals surface area contributed by atoms with E-state index in [2.05, 4.69) is 120 Å². The molecule has 7 rings (SSSR count). The molecule has 0 aliphatic carbocycles. The number of hydrogen-bond donors (Lipinski definition) is 2. The minimum absolute atomic E-state index is 0.281. The van der Waals surface area contributed by atoms with E-state index in [1.165, 1.54) is 21.9 Å². The number of hydrogen-bond acceptors (Lipinski definition) is 5. The smallest absolute Gasteiger partial charge is 0.159 e. The van der Waals surface area contributed by atoms with Crippen molar-refractivity contribution in [3.05, 3.63) is 168 Å². The third-order valence-corrected chi connectivity index (χ3v) is 8.14.